The molecule has 1 N–H and O–H groups in total. The van der Waals surface area contributed by atoms with Crippen molar-refractivity contribution in [2.45, 2.75) is 26.3 Å². The van der Waals surface area contributed by atoms with Crippen molar-refractivity contribution >= 4 is 0 Å². The molecular weight excluding hydrogens is 248 g/mol. The van der Waals surface area contributed by atoms with Gasteiger partial charge >= 0.3 is 0 Å². The molecule has 2 atom stereocenters. The molecule has 0 saturated carbocycles. The second-order valence-electron chi connectivity index (χ2n) is 5.54. The molecule has 1 heterocycles. The Balaban J connectivity index is 1.91. The number of hydrogen-bond donors (Lipinski definition) is 1. The summed E-state index contributed by atoms with van der Waals surface area (Å²) in [6, 6.07) is 11.3. The third-order valence-electron chi connectivity index (χ3n) is 4.23. The van der Waals surface area contributed by atoms with Crippen LogP contribution in [-0.2, 0) is 4.74 Å². The van der Waals surface area contributed by atoms with Crippen LogP contribution < -0.4 is 5.32 Å². The van der Waals surface area contributed by atoms with E-state index in [-0.39, 0.29) is 0 Å². The molecule has 1 aromatic carbocycles. The summed E-state index contributed by atoms with van der Waals surface area (Å²) in [7, 11) is 0. The van der Waals surface area contributed by atoms with Gasteiger partial charge in [-0.1, -0.05) is 44.2 Å². The summed E-state index contributed by atoms with van der Waals surface area (Å²) in [6.07, 6.45) is 1.20. The quantitative estimate of drug-likeness (QED) is 0.790. The smallest absolute Gasteiger partial charge is 0.0507 e. The van der Waals surface area contributed by atoms with E-state index in [1.807, 2.05) is 0 Å². The van der Waals surface area contributed by atoms with E-state index in [1.54, 1.807) is 0 Å². The first-order valence-electron chi connectivity index (χ1n) is 7.92. The largest absolute Gasteiger partial charge is 0.381 e. The van der Waals surface area contributed by atoms with Crippen LogP contribution in [0, 0.1) is 5.92 Å². The van der Waals surface area contributed by atoms with Crippen LogP contribution in [0.15, 0.2) is 30.3 Å². The molecule has 3 nitrogen and oxygen atoms in total. The second-order valence-corrected chi connectivity index (χ2v) is 5.54. The number of hydrogen-bond acceptors (Lipinski definition) is 3. The minimum atomic E-state index is 0.466. The first kappa shape index (κ1) is 15.5. The summed E-state index contributed by atoms with van der Waals surface area (Å²) in [5.41, 5.74) is 1.41. The number of rotatable bonds is 8. The zero-order valence-corrected chi connectivity index (χ0v) is 12.8. The fourth-order valence-corrected chi connectivity index (χ4v) is 2.97. The first-order chi connectivity index (χ1) is 9.85. The van der Waals surface area contributed by atoms with E-state index in [1.165, 1.54) is 12.0 Å². The van der Waals surface area contributed by atoms with Gasteiger partial charge in [0.15, 0.2) is 0 Å². The van der Waals surface area contributed by atoms with Crippen LogP contribution in [0.1, 0.15) is 31.9 Å². The van der Waals surface area contributed by atoms with Crippen LogP contribution in [0.5, 0.6) is 0 Å². The Kier molecular flexibility index (Phi) is 6.51. The highest BCUT2D eigenvalue weighted by Crippen LogP contribution is 2.20. The van der Waals surface area contributed by atoms with Crippen molar-refractivity contribution < 1.29 is 4.74 Å². The second kappa shape index (κ2) is 8.40. The van der Waals surface area contributed by atoms with Gasteiger partial charge in [0.1, 0.15) is 0 Å². The Morgan fingerprint density at radius 3 is 2.60 bits per heavy atom. The molecule has 0 amide bonds. The number of likely N-dealkylation sites (N-methyl/N-ethyl adjacent to an activating group) is 1. The zero-order valence-electron chi connectivity index (χ0n) is 12.8. The molecule has 1 aliphatic rings. The Morgan fingerprint density at radius 2 is 2.00 bits per heavy atom. The summed E-state index contributed by atoms with van der Waals surface area (Å²) in [4.78, 5) is 2.52. The third-order valence-corrected chi connectivity index (χ3v) is 4.23. The van der Waals surface area contributed by atoms with Crippen LogP contribution >= 0.6 is 0 Å². The molecule has 2 rings (SSSR count). The highest BCUT2D eigenvalue weighted by atomic mass is 16.5. The number of ether oxygens (including phenoxy) is 1. The van der Waals surface area contributed by atoms with Gasteiger partial charge in [-0.25, -0.2) is 0 Å². The fraction of sp³-hybridized carbons (Fsp3) is 0.647. The predicted octanol–water partition coefficient (Wildman–Crippen LogP) is 2.70. The van der Waals surface area contributed by atoms with Crippen LogP contribution in [0.2, 0.25) is 0 Å². The van der Waals surface area contributed by atoms with Gasteiger partial charge < -0.3 is 10.1 Å². The molecule has 0 aromatic heterocycles. The molecule has 20 heavy (non-hydrogen) atoms. The van der Waals surface area contributed by atoms with Crippen LogP contribution in [-0.4, -0.2) is 44.3 Å². The average Bonchev–Trinajstić information content (AvgIpc) is 3.01. The summed E-state index contributed by atoms with van der Waals surface area (Å²) in [5.74, 6) is 0.697. The molecule has 1 aliphatic heterocycles. The number of benzene rings is 1. The van der Waals surface area contributed by atoms with E-state index in [0.717, 1.165) is 39.4 Å². The average molecular weight is 276 g/mol. The number of nitrogens with zero attached hydrogens (tertiary/aromatic N) is 1. The molecule has 0 radical (unpaired) electrons. The molecule has 3 heteroatoms. The van der Waals surface area contributed by atoms with E-state index in [0.29, 0.717) is 12.0 Å². The summed E-state index contributed by atoms with van der Waals surface area (Å²) < 4.78 is 5.44. The van der Waals surface area contributed by atoms with E-state index < -0.39 is 0 Å². The fourth-order valence-electron chi connectivity index (χ4n) is 2.97. The lowest BCUT2D eigenvalue weighted by molar-refractivity contribution is 0.182. The standard InChI is InChI=1S/C17H28N2O/c1-3-19(4-2)17(16-8-6-5-7-9-16)13-18-12-15-10-11-20-14-15/h5-9,15,17-18H,3-4,10-14H2,1-2H3. The Labute approximate surface area is 123 Å². The molecule has 112 valence electrons. The van der Waals surface area contributed by atoms with E-state index in [9.17, 15) is 0 Å². The predicted molar refractivity (Wildman–Crippen MR) is 83.9 cm³/mol. The highest BCUT2D eigenvalue weighted by molar-refractivity contribution is 5.19. The van der Waals surface area contributed by atoms with Gasteiger partial charge in [-0.3, -0.25) is 4.90 Å². The molecule has 0 bridgehead atoms. The van der Waals surface area contributed by atoms with Crippen molar-refractivity contribution in [2.24, 2.45) is 5.92 Å². The van der Waals surface area contributed by atoms with Gasteiger partial charge in [0.2, 0.25) is 0 Å². The van der Waals surface area contributed by atoms with Gasteiger partial charge in [0.05, 0.1) is 6.61 Å². The molecule has 1 aromatic rings. The van der Waals surface area contributed by atoms with Crippen molar-refractivity contribution in [1.29, 1.82) is 0 Å². The summed E-state index contributed by atoms with van der Waals surface area (Å²) in [5, 5.41) is 3.65. The van der Waals surface area contributed by atoms with E-state index >= 15 is 0 Å². The Hall–Kier alpha value is -0.900. The first-order valence-corrected chi connectivity index (χ1v) is 7.92. The van der Waals surface area contributed by atoms with Gasteiger partial charge in [-0.2, -0.15) is 0 Å². The van der Waals surface area contributed by atoms with Gasteiger partial charge in [-0.15, -0.1) is 0 Å². The maximum Gasteiger partial charge on any atom is 0.0507 e. The summed E-state index contributed by atoms with van der Waals surface area (Å²) in [6.45, 7) is 10.6. The monoisotopic (exact) mass is 276 g/mol. The molecule has 0 spiro atoms. The lowest BCUT2D eigenvalue weighted by Crippen LogP contribution is -2.37. The van der Waals surface area contributed by atoms with Crippen LogP contribution in [0.4, 0.5) is 0 Å². The lowest BCUT2D eigenvalue weighted by atomic mass is 10.0. The van der Waals surface area contributed by atoms with Crippen molar-refractivity contribution in [2.75, 3.05) is 39.4 Å². The van der Waals surface area contributed by atoms with Crippen LogP contribution in [0.25, 0.3) is 0 Å². The van der Waals surface area contributed by atoms with E-state index in [2.05, 4.69) is 54.4 Å². The maximum atomic E-state index is 5.44. The van der Waals surface area contributed by atoms with Crippen molar-refractivity contribution in [1.82, 2.24) is 10.2 Å². The van der Waals surface area contributed by atoms with Gasteiger partial charge in [-0.05, 0) is 31.0 Å². The Bertz CT molecular complexity index is 359. The molecular formula is C17H28N2O. The van der Waals surface area contributed by atoms with Crippen molar-refractivity contribution in [3.8, 4) is 0 Å². The van der Waals surface area contributed by atoms with Gasteiger partial charge in [0.25, 0.3) is 0 Å². The van der Waals surface area contributed by atoms with Crippen LogP contribution in [0.3, 0.4) is 0 Å². The highest BCUT2D eigenvalue weighted by Gasteiger charge is 2.19. The SMILES string of the molecule is CCN(CC)C(CNCC1CCOC1)c1ccccc1. The molecule has 0 aliphatic carbocycles. The van der Waals surface area contributed by atoms with Gasteiger partial charge in [0, 0.05) is 25.7 Å². The minimum Gasteiger partial charge on any atom is -0.381 e. The topological polar surface area (TPSA) is 24.5 Å². The lowest BCUT2D eigenvalue weighted by Gasteiger charge is -2.30. The van der Waals surface area contributed by atoms with E-state index in [4.69, 9.17) is 4.74 Å². The normalized spacial score (nSPS) is 20.4. The Morgan fingerprint density at radius 1 is 1.25 bits per heavy atom. The molecule has 1 saturated heterocycles. The third kappa shape index (κ3) is 4.30. The number of nitrogens with one attached hydrogen (secondary N) is 1. The minimum absolute atomic E-state index is 0.466. The van der Waals surface area contributed by atoms with Crippen molar-refractivity contribution in [3.63, 3.8) is 0 Å². The summed E-state index contributed by atoms with van der Waals surface area (Å²) >= 11 is 0. The molecule has 2 unspecified atom stereocenters. The molecule has 1 fully saturated rings. The van der Waals surface area contributed by atoms with Crippen molar-refractivity contribution in [3.05, 3.63) is 35.9 Å². The zero-order chi connectivity index (χ0) is 14.2. The maximum absolute atomic E-state index is 5.44.